The maximum atomic E-state index is 12.8. The van der Waals surface area contributed by atoms with Gasteiger partial charge < -0.3 is 4.90 Å². The van der Waals surface area contributed by atoms with Crippen molar-refractivity contribution in [3.05, 3.63) is 81.9 Å². The lowest BCUT2D eigenvalue weighted by Gasteiger charge is -2.32. The van der Waals surface area contributed by atoms with Crippen LogP contribution >= 0.6 is 0 Å². The van der Waals surface area contributed by atoms with Gasteiger partial charge >= 0.3 is 0 Å². The van der Waals surface area contributed by atoms with Gasteiger partial charge in [0.05, 0.1) is 11.4 Å². The zero-order valence-corrected chi connectivity index (χ0v) is 13.3. The van der Waals surface area contributed by atoms with E-state index in [-0.39, 0.29) is 11.6 Å². The Labute approximate surface area is 139 Å². The fraction of sp³-hybridized carbons (Fsp3) is 0.143. The van der Waals surface area contributed by atoms with Crippen LogP contribution in [-0.4, -0.2) is 23.0 Å². The number of hydrogen-bond acceptors (Lipinski definition) is 3. The fourth-order valence-corrected chi connectivity index (χ4v) is 4.19. The molecule has 0 bridgehead atoms. The van der Waals surface area contributed by atoms with Crippen molar-refractivity contribution in [3.8, 4) is 0 Å². The molecule has 0 aromatic heterocycles. The summed E-state index contributed by atoms with van der Waals surface area (Å²) in [5, 5.41) is 0. The number of Topliss-reactive ketones (excluding diaryl/α,β-unsaturated/α-hetero) is 2. The minimum Gasteiger partial charge on any atom is -0.340 e. The third-order valence-corrected chi connectivity index (χ3v) is 5.18. The molecule has 0 N–H and O–H groups in total. The third-order valence-electron chi connectivity index (χ3n) is 5.18. The number of benzene rings is 2. The van der Waals surface area contributed by atoms with Gasteiger partial charge in [0.1, 0.15) is 0 Å². The summed E-state index contributed by atoms with van der Waals surface area (Å²) in [5.74, 6) is 0.128. The topological polar surface area (TPSA) is 37.4 Å². The van der Waals surface area contributed by atoms with Crippen LogP contribution in [0.5, 0.6) is 0 Å². The fourth-order valence-electron chi connectivity index (χ4n) is 4.19. The summed E-state index contributed by atoms with van der Waals surface area (Å²) >= 11 is 0. The van der Waals surface area contributed by atoms with E-state index in [1.807, 2.05) is 48.5 Å². The lowest BCUT2D eigenvalue weighted by atomic mass is 9.95. The molecular formula is C21H15NO2. The number of nitrogens with zero attached hydrogens (tertiary/aromatic N) is 1. The Kier molecular flexibility index (Phi) is 2.55. The second kappa shape index (κ2) is 4.54. The number of fused-ring (bicyclic) bond motifs is 4. The molecule has 5 rings (SSSR count). The monoisotopic (exact) mass is 313 g/mol. The summed E-state index contributed by atoms with van der Waals surface area (Å²) in [6.45, 7) is 2.79. The normalized spacial score (nSPS) is 18.0. The molecule has 0 unspecified atom stereocenters. The standard InChI is InChI=1S/C21H15NO2/c1-2-22-18-12-7-3-5-9-14(12)20(23)16(18)11-17-19(22)13-8-4-6-10-15(13)21(17)24/h3-10H,2,11H2,1H3. The lowest BCUT2D eigenvalue weighted by Crippen LogP contribution is -2.25. The zero-order valence-electron chi connectivity index (χ0n) is 13.3. The van der Waals surface area contributed by atoms with Crippen LogP contribution in [0.4, 0.5) is 0 Å². The highest BCUT2D eigenvalue weighted by atomic mass is 16.1. The highest BCUT2D eigenvalue weighted by Gasteiger charge is 2.43. The maximum Gasteiger partial charge on any atom is 0.192 e. The molecule has 3 heteroatoms. The molecule has 2 aromatic rings. The molecule has 0 amide bonds. The second-order valence-corrected chi connectivity index (χ2v) is 6.32. The van der Waals surface area contributed by atoms with E-state index in [2.05, 4.69) is 11.8 Å². The van der Waals surface area contributed by atoms with E-state index in [9.17, 15) is 9.59 Å². The van der Waals surface area contributed by atoms with E-state index in [0.29, 0.717) is 6.42 Å². The van der Waals surface area contributed by atoms with Crippen molar-refractivity contribution in [2.24, 2.45) is 0 Å². The van der Waals surface area contributed by atoms with Gasteiger partial charge in [-0.05, 0) is 6.92 Å². The molecule has 0 fully saturated rings. The minimum absolute atomic E-state index is 0.0642. The first kappa shape index (κ1) is 13.5. The Balaban J connectivity index is 1.76. The van der Waals surface area contributed by atoms with Crippen molar-refractivity contribution >= 4 is 23.0 Å². The van der Waals surface area contributed by atoms with Gasteiger partial charge in [-0.2, -0.15) is 0 Å². The number of ketones is 2. The van der Waals surface area contributed by atoms with E-state index in [4.69, 9.17) is 0 Å². The van der Waals surface area contributed by atoms with Crippen molar-refractivity contribution in [3.63, 3.8) is 0 Å². The molecule has 0 radical (unpaired) electrons. The summed E-state index contributed by atoms with van der Waals surface area (Å²) in [4.78, 5) is 27.8. The average Bonchev–Trinajstić information content (AvgIpc) is 3.08. The Morgan fingerprint density at radius 2 is 1.17 bits per heavy atom. The van der Waals surface area contributed by atoms with Gasteiger partial charge in [-0.1, -0.05) is 48.5 Å². The van der Waals surface area contributed by atoms with Crippen LogP contribution in [0.3, 0.4) is 0 Å². The number of rotatable bonds is 1. The molecule has 3 nitrogen and oxygen atoms in total. The smallest absolute Gasteiger partial charge is 0.192 e. The first-order valence-corrected chi connectivity index (χ1v) is 8.24. The number of carbonyl (C=O) groups excluding carboxylic acids is 2. The predicted molar refractivity (Wildman–Crippen MR) is 92.4 cm³/mol. The average molecular weight is 313 g/mol. The van der Waals surface area contributed by atoms with Crippen LogP contribution in [0.2, 0.25) is 0 Å². The van der Waals surface area contributed by atoms with Crippen LogP contribution in [0.15, 0.2) is 59.7 Å². The van der Waals surface area contributed by atoms with Crippen LogP contribution in [0, 0.1) is 0 Å². The van der Waals surface area contributed by atoms with Crippen molar-refractivity contribution in [1.29, 1.82) is 0 Å². The largest absolute Gasteiger partial charge is 0.340 e. The molecule has 2 aromatic carbocycles. The van der Waals surface area contributed by atoms with Gasteiger partial charge in [0.15, 0.2) is 11.6 Å². The van der Waals surface area contributed by atoms with Gasteiger partial charge in [0.2, 0.25) is 0 Å². The summed E-state index contributed by atoms with van der Waals surface area (Å²) in [7, 11) is 0. The Morgan fingerprint density at radius 3 is 1.58 bits per heavy atom. The SMILES string of the molecule is CCN1C2=C(CC3=C1c1ccccc1C3=O)C(=O)c1ccccc12. The van der Waals surface area contributed by atoms with Crippen molar-refractivity contribution < 1.29 is 9.59 Å². The van der Waals surface area contributed by atoms with Gasteiger partial charge in [-0.3, -0.25) is 9.59 Å². The number of carbonyl (C=O) groups is 2. The zero-order chi connectivity index (χ0) is 16.4. The lowest BCUT2D eigenvalue weighted by molar-refractivity contribution is 0.102. The molecular weight excluding hydrogens is 298 g/mol. The molecule has 2 aliphatic carbocycles. The van der Waals surface area contributed by atoms with Gasteiger partial charge in [0, 0.05) is 46.4 Å². The summed E-state index contributed by atoms with van der Waals surface area (Å²) in [5.41, 5.74) is 6.98. The highest BCUT2D eigenvalue weighted by molar-refractivity contribution is 6.27. The Hall–Kier alpha value is -2.94. The molecule has 24 heavy (non-hydrogen) atoms. The van der Waals surface area contributed by atoms with Crippen LogP contribution in [-0.2, 0) is 0 Å². The summed E-state index contributed by atoms with van der Waals surface area (Å²) in [6, 6.07) is 15.5. The van der Waals surface area contributed by atoms with Crippen molar-refractivity contribution in [2.75, 3.05) is 6.54 Å². The van der Waals surface area contributed by atoms with Crippen LogP contribution in [0.25, 0.3) is 11.4 Å². The molecule has 3 aliphatic rings. The molecule has 0 saturated heterocycles. The molecule has 116 valence electrons. The molecule has 1 aliphatic heterocycles. The Morgan fingerprint density at radius 1 is 0.750 bits per heavy atom. The maximum absolute atomic E-state index is 12.8. The van der Waals surface area contributed by atoms with Gasteiger partial charge in [-0.15, -0.1) is 0 Å². The first-order chi connectivity index (χ1) is 11.7. The second-order valence-electron chi connectivity index (χ2n) is 6.32. The number of allylic oxidation sites excluding steroid dienone is 2. The minimum atomic E-state index is 0.0642. The molecule has 0 saturated carbocycles. The number of hydrogen-bond donors (Lipinski definition) is 0. The van der Waals surface area contributed by atoms with Crippen molar-refractivity contribution in [1.82, 2.24) is 4.90 Å². The van der Waals surface area contributed by atoms with Crippen LogP contribution < -0.4 is 0 Å². The van der Waals surface area contributed by atoms with E-state index in [1.54, 1.807) is 0 Å². The summed E-state index contributed by atoms with van der Waals surface area (Å²) in [6.07, 6.45) is 0.433. The Bertz CT molecular complexity index is 931. The van der Waals surface area contributed by atoms with E-state index >= 15 is 0 Å². The van der Waals surface area contributed by atoms with E-state index in [1.165, 1.54) is 0 Å². The quantitative estimate of drug-likeness (QED) is 0.800. The summed E-state index contributed by atoms with van der Waals surface area (Å²) < 4.78 is 0. The molecule has 0 atom stereocenters. The van der Waals surface area contributed by atoms with Crippen LogP contribution in [0.1, 0.15) is 45.2 Å². The van der Waals surface area contributed by atoms with E-state index < -0.39 is 0 Å². The predicted octanol–water partition coefficient (Wildman–Crippen LogP) is 3.93. The molecule has 1 heterocycles. The highest BCUT2D eigenvalue weighted by Crippen LogP contribution is 2.49. The molecule has 0 spiro atoms. The van der Waals surface area contributed by atoms with E-state index in [0.717, 1.165) is 51.3 Å². The third kappa shape index (κ3) is 1.47. The van der Waals surface area contributed by atoms with Gasteiger partial charge in [0.25, 0.3) is 0 Å². The van der Waals surface area contributed by atoms with Crippen molar-refractivity contribution in [2.45, 2.75) is 13.3 Å². The van der Waals surface area contributed by atoms with Gasteiger partial charge in [-0.25, -0.2) is 0 Å². The first-order valence-electron chi connectivity index (χ1n) is 8.24.